The summed E-state index contributed by atoms with van der Waals surface area (Å²) < 4.78 is 0. The zero-order valence-corrected chi connectivity index (χ0v) is 14.3. The molecular formula is C14H24N4S2. The van der Waals surface area contributed by atoms with Gasteiger partial charge in [0.2, 0.25) is 0 Å². The van der Waals surface area contributed by atoms with E-state index < -0.39 is 0 Å². The van der Waals surface area contributed by atoms with Crippen LogP contribution in [0.2, 0.25) is 0 Å². The Hall–Kier alpha value is -0.460. The van der Waals surface area contributed by atoms with Gasteiger partial charge in [-0.15, -0.1) is 11.8 Å². The highest BCUT2D eigenvalue weighted by Gasteiger charge is 2.30. The predicted molar refractivity (Wildman–Crippen MR) is 90.3 cm³/mol. The summed E-state index contributed by atoms with van der Waals surface area (Å²) in [6, 6.07) is 1.95. The van der Waals surface area contributed by atoms with Gasteiger partial charge in [-0.2, -0.15) is 11.8 Å². The van der Waals surface area contributed by atoms with Crippen molar-refractivity contribution in [2.24, 2.45) is 5.84 Å². The van der Waals surface area contributed by atoms with Crippen molar-refractivity contribution in [3.63, 3.8) is 0 Å². The minimum absolute atomic E-state index is 0.00250. The molecule has 1 saturated heterocycles. The molecule has 1 aromatic heterocycles. The van der Waals surface area contributed by atoms with E-state index in [4.69, 9.17) is 10.8 Å². The first-order chi connectivity index (χ1) is 9.45. The molecule has 0 spiro atoms. The van der Waals surface area contributed by atoms with Crippen LogP contribution in [0.1, 0.15) is 50.9 Å². The standard InChI is InChI=1S/C14H24N4S2/c1-5-9-12(20-7-6-19-9)13-16-10(14(2,3)4)8-11(17-13)18-15/h8-9,12H,5-7,15H2,1-4H3,(H,16,17,18). The smallest absolute Gasteiger partial charge is 0.145 e. The molecule has 112 valence electrons. The zero-order chi connectivity index (χ0) is 14.8. The summed E-state index contributed by atoms with van der Waals surface area (Å²) >= 11 is 4.01. The van der Waals surface area contributed by atoms with E-state index in [9.17, 15) is 0 Å². The number of thioether (sulfide) groups is 2. The monoisotopic (exact) mass is 312 g/mol. The van der Waals surface area contributed by atoms with Crippen molar-refractivity contribution in [3.05, 3.63) is 17.6 Å². The maximum atomic E-state index is 5.58. The topological polar surface area (TPSA) is 63.8 Å². The van der Waals surface area contributed by atoms with Crippen molar-refractivity contribution < 1.29 is 0 Å². The average Bonchev–Trinajstić information content (AvgIpc) is 2.45. The number of nitrogens with two attached hydrogens (primary N) is 1. The van der Waals surface area contributed by atoms with Gasteiger partial charge >= 0.3 is 0 Å². The summed E-state index contributed by atoms with van der Waals surface area (Å²) in [7, 11) is 0. The molecule has 2 atom stereocenters. The summed E-state index contributed by atoms with van der Waals surface area (Å²) in [6.45, 7) is 8.74. The van der Waals surface area contributed by atoms with Gasteiger partial charge < -0.3 is 5.43 Å². The normalized spacial score (nSPS) is 23.6. The first kappa shape index (κ1) is 15.9. The summed E-state index contributed by atoms with van der Waals surface area (Å²) in [6.07, 6.45) is 1.15. The summed E-state index contributed by atoms with van der Waals surface area (Å²) in [5.74, 6) is 9.60. The lowest BCUT2D eigenvalue weighted by Crippen LogP contribution is -2.24. The number of aromatic nitrogens is 2. The van der Waals surface area contributed by atoms with Gasteiger partial charge in [0.05, 0.1) is 10.9 Å². The maximum absolute atomic E-state index is 5.58. The Morgan fingerprint density at radius 3 is 2.60 bits per heavy atom. The lowest BCUT2D eigenvalue weighted by Gasteiger charge is -2.30. The molecule has 0 saturated carbocycles. The van der Waals surface area contributed by atoms with Gasteiger partial charge in [0.15, 0.2) is 0 Å². The van der Waals surface area contributed by atoms with Crippen LogP contribution >= 0.6 is 23.5 Å². The number of nitrogen functional groups attached to an aromatic ring is 1. The van der Waals surface area contributed by atoms with Crippen LogP contribution in [0, 0.1) is 0 Å². The number of nitrogens with one attached hydrogen (secondary N) is 1. The Morgan fingerprint density at radius 1 is 1.30 bits per heavy atom. The molecule has 1 fully saturated rings. The molecule has 2 unspecified atom stereocenters. The van der Waals surface area contributed by atoms with Crippen molar-refractivity contribution in [2.75, 3.05) is 16.9 Å². The third kappa shape index (κ3) is 3.59. The van der Waals surface area contributed by atoms with E-state index in [0.29, 0.717) is 16.3 Å². The number of hydrogen-bond donors (Lipinski definition) is 2. The number of hydrazine groups is 1. The summed E-state index contributed by atoms with van der Waals surface area (Å²) in [4.78, 5) is 9.44. The molecule has 1 aliphatic rings. The maximum Gasteiger partial charge on any atom is 0.145 e. The number of anilines is 1. The van der Waals surface area contributed by atoms with Crippen LogP contribution in [0.4, 0.5) is 5.82 Å². The first-order valence-electron chi connectivity index (χ1n) is 7.05. The minimum atomic E-state index is -0.00250. The highest BCUT2D eigenvalue weighted by Crippen LogP contribution is 2.43. The molecule has 0 aliphatic carbocycles. The number of hydrogen-bond acceptors (Lipinski definition) is 6. The minimum Gasteiger partial charge on any atom is -0.308 e. The van der Waals surface area contributed by atoms with Crippen LogP contribution in [-0.4, -0.2) is 26.7 Å². The highest BCUT2D eigenvalue weighted by atomic mass is 32.2. The molecule has 1 aliphatic heterocycles. The van der Waals surface area contributed by atoms with Crippen LogP contribution in [-0.2, 0) is 5.41 Å². The fourth-order valence-electron chi connectivity index (χ4n) is 2.19. The molecule has 6 heteroatoms. The molecule has 1 aromatic rings. The number of rotatable bonds is 3. The lowest BCUT2D eigenvalue weighted by atomic mass is 9.92. The van der Waals surface area contributed by atoms with Crippen molar-refractivity contribution in [1.82, 2.24) is 9.97 Å². The molecule has 0 amide bonds. The predicted octanol–water partition coefficient (Wildman–Crippen LogP) is 3.36. The van der Waals surface area contributed by atoms with Gasteiger partial charge in [-0.3, -0.25) is 0 Å². The first-order valence-corrected chi connectivity index (χ1v) is 9.14. The second kappa shape index (κ2) is 6.54. The molecule has 4 nitrogen and oxygen atoms in total. The lowest BCUT2D eigenvalue weighted by molar-refractivity contribution is 0.560. The largest absolute Gasteiger partial charge is 0.308 e. The van der Waals surface area contributed by atoms with Gasteiger partial charge in [-0.25, -0.2) is 15.8 Å². The number of nitrogens with zero attached hydrogens (tertiary/aromatic N) is 2. The van der Waals surface area contributed by atoms with Crippen LogP contribution in [0.5, 0.6) is 0 Å². The van der Waals surface area contributed by atoms with Crippen molar-refractivity contribution >= 4 is 29.3 Å². The molecule has 0 aromatic carbocycles. The van der Waals surface area contributed by atoms with Gasteiger partial charge in [0, 0.05) is 28.2 Å². The van der Waals surface area contributed by atoms with E-state index in [2.05, 4.69) is 38.1 Å². The third-order valence-corrected chi connectivity index (χ3v) is 6.61. The Morgan fingerprint density at radius 2 is 2.00 bits per heavy atom. The molecule has 20 heavy (non-hydrogen) atoms. The van der Waals surface area contributed by atoms with E-state index >= 15 is 0 Å². The van der Waals surface area contributed by atoms with E-state index in [1.54, 1.807) is 0 Å². The van der Waals surface area contributed by atoms with Crippen molar-refractivity contribution in [3.8, 4) is 0 Å². The Balaban J connectivity index is 2.39. The Kier molecular flexibility index (Phi) is 5.20. The van der Waals surface area contributed by atoms with E-state index in [-0.39, 0.29) is 5.41 Å². The van der Waals surface area contributed by atoms with Gasteiger partial charge in [0.1, 0.15) is 11.6 Å². The third-order valence-electron chi connectivity index (χ3n) is 3.37. The van der Waals surface area contributed by atoms with E-state index in [1.165, 1.54) is 11.5 Å². The van der Waals surface area contributed by atoms with Crippen molar-refractivity contribution in [1.29, 1.82) is 0 Å². The van der Waals surface area contributed by atoms with Crippen LogP contribution in [0.25, 0.3) is 0 Å². The zero-order valence-electron chi connectivity index (χ0n) is 12.6. The fourth-order valence-corrected chi connectivity index (χ4v) is 5.18. The van der Waals surface area contributed by atoms with Crippen molar-refractivity contribution in [2.45, 2.75) is 50.0 Å². The van der Waals surface area contributed by atoms with E-state index in [0.717, 1.165) is 17.9 Å². The average molecular weight is 313 g/mol. The second-order valence-corrected chi connectivity index (χ2v) is 8.60. The SMILES string of the molecule is CCC1SCCSC1c1nc(NN)cc(C(C)(C)C)n1. The molecule has 0 radical (unpaired) electrons. The van der Waals surface area contributed by atoms with Crippen LogP contribution in [0.3, 0.4) is 0 Å². The Labute approximate surface area is 130 Å². The molecule has 0 bridgehead atoms. The van der Waals surface area contributed by atoms with Gasteiger partial charge in [-0.05, 0) is 6.42 Å². The van der Waals surface area contributed by atoms with Crippen LogP contribution < -0.4 is 11.3 Å². The second-order valence-electron chi connectivity index (χ2n) is 6.00. The van der Waals surface area contributed by atoms with Gasteiger partial charge in [0.25, 0.3) is 0 Å². The van der Waals surface area contributed by atoms with Crippen LogP contribution in [0.15, 0.2) is 6.07 Å². The molecule has 2 rings (SSSR count). The fraction of sp³-hybridized carbons (Fsp3) is 0.714. The summed E-state index contributed by atoms with van der Waals surface area (Å²) in [5, 5.41) is 0.961. The quantitative estimate of drug-likeness (QED) is 0.659. The van der Waals surface area contributed by atoms with Gasteiger partial charge in [-0.1, -0.05) is 27.7 Å². The Bertz CT molecular complexity index is 459. The molecular weight excluding hydrogens is 288 g/mol. The van der Waals surface area contributed by atoms with E-state index in [1.807, 2.05) is 29.6 Å². The highest BCUT2D eigenvalue weighted by molar-refractivity contribution is 8.06. The molecule has 2 heterocycles. The summed E-state index contributed by atoms with van der Waals surface area (Å²) in [5.41, 5.74) is 3.73. The molecule has 3 N–H and O–H groups in total.